The minimum atomic E-state index is -1.57. The summed E-state index contributed by atoms with van der Waals surface area (Å²) in [6.45, 7) is 3.77. The van der Waals surface area contributed by atoms with Crippen molar-refractivity contribution in [3.8, 4) is 0 Å². The Hall–Kier alpha value is -1.33. The minimum Gasteiger partial charge on any atom is -0.394 e. The Morgan fingerprint density at radius 3 is 1.20 bits per heavy atom. The molecule has 1 heterocycles. The van der Waals surface area contributed by atoms with Gasteiger partial charge in [0, 0.05) is 6.42 Å². The monoisotopic (exact) mass is 992 g/mol. The maximum atomic E-state index is 13.0. The number of amides is 1. The van der Waals surface area contributed by atoms with Crippen molar-refractivity contribution in [1.82, 2.24) is 5.32 Å². The van der Waals surface area contributed by atoms with Crippen LogP contribution in [0.3, 0.4) is 0 Å². The number of nitrogens with one attached hydrogen (secondary N) is 1. The molecule has 0 saturated carbocycles. The fourth-order valence-corrected chi connectivity index (χ4v) is 9.94. The van der Waals surface area contributed by atoms with E-state index in [4.69, 9.17) is 9.47 Å². The lowest BCUT2D eigenvalue weighted by molar-refractivity contribution is -0.302. The summed E-state index contributed by atoms with van der Waals surface area (Å²) in [6, 6.07) is -0.817. The molecule has 9 heteroatoms. The van der Waals surface area contributed by atoms with Gasteiger partial charge in [0.25, 0.3) is 0 Å². The largest absolute Gasteiger partial charge is 0.394 e. The van der Waals surface area contributed by atoms with Crippen LogP contribution in [0.15, 0.2) is 24.3 Å². The lowest BCUT2D eigenvalue weighted by atomic mass is 9.99. The van der Waals surface area contributed by atoms with E-state index in [0.717, 1.165) is 38.5 Å². The lowest BCUT2D eigenvalue weighted by Gasteiger charge is -2.40. The summed E-state index contributed by atoms with van der Waals surface area (Å²) < 4.78 is 11.2. The van der Waals surface area contributed by atoms with E-state index < -0.39 is 49.5 Å². The van der Waals surface area contributed by atoms with Crippen molar-refractivity contribution in [3.63, 3.8) is 0 Å². The van der Waals surface area contributed by atoms with Crippen molar-refractivity contribution >= 4 is 5.91 Å². The number of rotatable bonds is 53. The van der Waals surface area contributed by atoms with Crippen LogP contribution in [0.2, 0.25) is 0 Å². The average molecular weight is 993 g/mol. The molecule has 1 aliphatic rings. The van der Waals surface area contributed by atoms with Crippen LogP contribution >= 0.6 is 0 Å². The van der Waals surface area contributed by atoms with Crippen molar-refractivity contribution in [3.05, 3.63) is 24.3 Å². The third-order valence-electron chi connectivity index (χ3n) is 14.8. The van der Waals surface area contributed by atoms with Crippen molar-refractivity contribution < 1.29 is 39.8 Å². The van der Waals surface area contributed by atoms with Crippen LogP contribution in [0, 0.1) is 0 Å². The van der Waals surface area contributed by atoms with E-state index in [9.17, 15) is 30.3 Å². The van der Waals surface area contributed by atoms with E-state index in [2.05, 4.69) is 31.3 Å². The molecule has 1 saturated heterocycles. The average Bonchev–Trinajstić information content (AvgIpc) is 3.36. The van der Waals surface area contributed by atoms with Gasteiger partial charge < -0.3 is 40.3 Å². The fourth-order valence-electron chi connectivity index (χ4n) is 9.94. The molecule has 1 aliphatic heterocycles. The second-order valence-electron chi connectivity index (χ2n) is 21.5. The summed E-state index contributed by atoms with van der Waals surface area (Å²) >= 11 is 0. The Bertz CT molecular complexity index is 1150. The quantitative estimate of drug-likeness (QED) is 0.0261. The number of ether oxygens (including phenoxy) is 2. The summed E-state index contributed by atoms with van der Waals surface area (Å²) in [5.41, 5.74) is 0. The van der Waals surface area contributed by atoms with Gasteiger partial charge in [-0.3, -0.25) is 4.79 Å². The first-order valence-corrected chi connectivity index (χ1v) is 30.6. The maximum absolute atomic E-state index is 13.0. The van der Waals surface area contributed by atoms with Gasteiger partial charge in [-0.1, -0.05) is 289 Å². The first-order chi connectivity index (χ1) is 34.3. The number of aliphatic hydroxyl groups is 5. The zero-order valence-electron chi connectivity index (χ0n) is 46.0. The van der Waals surface area contributed by atoms with E-state index in [1.54, 1.807) is 6.08 Å². The third kappa shape index (κ3) is 40.1. The molecule has 7 atom stereocenters. The number of carbonyl (C=O) groups is 1. The van der Waals surface area contributed by atoms with E-state index in [-0.39, 0.29) is 12.5 Å². The molecule has 9 nitrogen and oxygen atoms in total. The Kier molecular flexibility index (Phi) is 48.7. The van der Waals surface area contributed by atoms with Gasteiger partial charge in [0.15, 0.2) is 6.29 Å². The Morgan fingerprint density at radius 2 is 0.814 bits per heavy atom. The molecule has 70 heavy (non-hydrogen) atoms. The molecule has 0 aliphatic carbocycles. The Labute approximate surface area is 432 Å². The van der Waals surface area contributed by atoms with Gasteiger partial charge in [0.2, 0.25) is 5.91 Å². The first kappa shape index (κ1) is 66.7. The SMILES string of the molecule is CCCCCCCC/C=C/CC/C=C/C(O)C(COC1OC(CO)C(O)C(O)C1O)NC(=O)CCCCCCCCCCCCCCCCCCCCCCCCCCCCCCCCCCCCC. The minimum absolute atomic E-state index is 0.182. The normalized spacial score (nSPS) is 19.4. The first-order valence-electron chi connectivity index (χ1n) is 30.6. The van der Waals surface area contributed by atoms with Gasteiger partial charge >= 0.3 is 0 Å². The van der Waals surface area contributed by atoms with E-state index >= 15 is 0 Å². The topological polar surface area (TPSA) is 149 Å². The van der Waals surface area contributed by atoms with Crippen LogP contribution < -0.4 is 5.32 Å². The highest BCUT2D eigenvalue weighted by atomic mass is 16.7. The highest BCUT2D eigenvalue weighted by Crippen LogP contribution is 2.23. The van der Waals surface area contributed by atoms with Gasteiger partial charge in [-0.25, -0.2) is 0 Å². The van der Waals surface area contributed by atoms with Crippen LogP contribution in [-0.4, -0.2) is 87.5 Å². The molecule has 0 aromatic rings. The molecule has 414 valence electrons. The van der Waals surface area contributed by atoms with Crippen molar-refractivity contribution in [2.24, 2.45) is 0 Å². The fraction of sp³-hybridized carbons (Fsp3) is 0.918. The van der Waals surface area contributed by atoms with Gasteiger partial charge in [-0.15, -0.1) is 0 Å². The highest BCUT2D eigenvalue weighted by molar-refractivity contribution is 5.76. The van der Waals surface area contributed by atoms with Gasteiger partial charge in [0.1, 0.15) is 24.4 Å². The van der Waals surface area contributed by atoms with Crippen LogP contribution in [0.25, 0.3) is 0 Å². The van der Waals surface area contributed by atoms with Crippen molar-refractivity contribution in [2.75, 3.05) is 13.2 Å². The number of carbonyl (C=O) groups excluding carboxylic acids is 1. The molecule has 0 radical (unpaired) electrons. The predicted molar refractivity (Wildman–Crippen MR) is 295 cm³/mol. The Balaban J connectivity index is 2.05. The van der Waals surface area contributed by atoms with Gasteiger partial charge in [0.05, 0.1) is 25.4 Å². The molecule has 0 spiro atoms. The second-order valence-corrected chi connectivity index (χ2v) is 21.5. The lowest BCUT2D eigenvalue weighted by Crippen LogP contribution is -2.60. The summed E-state index contributed by atoms with van der Waals surface area (Å²) in [4.78, 5) is 13.0. The standard InChI is InChI=1S/C61H117NO8/c1-3-5-7-9-11-13-15-17-18-19-20-21-22-23-24-25-26-27-28-29-30-31-32-33-34-35-36-37-38-39-41-43-45-47-49-51-57(65)62-54(53-69-61-60(68)59(67)58(66)56(52-63)70-61)55(64)50-48-46-44-42-40-16-14-12-10-8-6-4-2/h40,42,48,50,54-56,58-61,63-64,66-68H,3-39,41,43-47,49,51-53H2,1-2H3,(H,62,65)/b42-40+,50-48+. The predicted octanol–water partition coefficient (Wildman–Crippen LogP) is 15.4. The third-order valence-corrected chi connectivity index (χ3v) is 14.8. The zero-order chi connectivity index (χ0) is 50.8. The summed E-state index contributed by atoms with van der Waals surface area (Å²) in [5, 5.41) is 54.3. The van der Waals surface area contributed by atoms with E-state index in [1.807, 2.05) is 6.08 Å². The molecule has 0 bridgehead atoms. The number of allylic oxidation sites excluding steroid dienone is 3. The van der Waals surface area contributed by atoms with Crippen molar-refractivity contribution in [1.29, 1.82) is 0 Å². The van der Waals surface area contributed by atoms with Gasteiger partial charge in [-0.05, 0) is 32.1 Å². The van der Waals surface area contributed by atoms with Crippen molar-refractivity contribution in [2.45, 2.75) is 346 Å². The van der Waals surface area contributed by atoms with Crippen LogP contribution in [0.1, 0.15) is 303 Å². The molecule has 0 aromatic carbocycles. The van der Waals surface area contributed by atoms with Crippen LogP contribution in [0.5, 0.6) is 0 Å². The molecule has 0 aromatic heterocycles. The molecule has 7 unspecified atom stereocenters. The molecule has 1 rings (SSSR count). The second kappa shape index (κ2) is 51.2. The van der Waals surface area contributed by atoms with Crippen LogP contribution in [-0.2, 0) is 14.3 Å². The number of hydrogen-bond acceptors (Lipinski definition) is 8. The summed E-state index contributed by atoms with van der Waals surface area (Å²) in [6.07, 6.45) is 58.6. The molecule has 1 amide bonds. The highest BCUT2D eigenvalue weighted by Gasteiger charge is 2.44. The number of unbranched alkanes of at least 4 members (excludes halogenated alkanes) is 41. The molecular formula is C61H117NO8. The Morgan fingerprint density at radius 1 is 0.471 bits per heavy atom. The molecule has 1 fully saturated rings. The van der Waals surface area contributed by atoms with Crippen LogP contribution in [0.4, 0.5) is 0 Å². The smallest absolute Gasteiger partial charge is 0.220 e. The van der Waals surface area contributed by atoms with E-state index in [0.29, 0.717) is 6.42 Å². The maximum Gasteiger partial charge on any atom is 0.220 e. The van der Waals surface area contributed by atoms with Gasteiger partial charge in [-0.2, -0.15) is 0 Å². The summed E-state index contributed by atoms with van der Waals surface area (Å²) in [7, 11) is 0. The molecule has 6 N–H and O–H groups in total. The number of aliphatic hydroxyl groups excluding tert-OH is 5. The van der Waals surface area contributed by atoms with E-state index in [1.165, 1.54) is 244 Å². The molecular weight excluding hydrogens is 875 g/mol. The zero-order valence-corrected chi connectivity index (χ0v) is 46.0. The number of hydrogen-bond donors (Lipinski definition) is 6. The summed E-state index contributed by atoms with van der Waals surface area (Å²) in [5.74, 6) is -0.182.